The highest BCUT2D eigenvalue weighted by molar-refractivity contribution is 6.30. The van der Waals surface area contributed by atoms with E-state index in [4.69, 9.17) is 21.0 Å². The number of nitrogens with one attached hydrogen (secondary N) is 1. The lowest BCUT2D eigenvalue weighted by Crippen LogP contribution is -2.30. The van der Waals surface area contributed by atoms with Gasteiger partial charge in [0.2, 0.25) is 0 Å². The van der Waals surface area contributed by atoms with Crippen molar-refractivity contribution in [1.29, 1.82) is 0 Å². The Kier molecular flexibility index (Phi) is 5.17. The summed E-state index contributed by atoms with van der Waals surface area (Å²) in [7, 11) is 0. The van der Waals surface area contributed by atoms with Crippen molar-refractivity contribution in [3.05, 3.63) is 89.1 Å². The van der Waals surface area contributed by atoms with E-state index in [9.17, 15) is 4.79 Å². The van der Waals surface area contributed by atoms with E-state index in [2.05, 4.69) is 9.88 Å². The molecule has 142 valence electrons. The van der Waals surface area contributed by atoms with Gasteiger partial charge in [0.25, 0.3) is 5.91 Å². The van der Waals surface area contributed by atoms with Crippen LogP contribution in [0.5, 0.6) is 0 Å². The van der Waals surface area contributed by atoms with Gasteiger partial charge in [0.15, 0.2) is 5.76 Å². The second-order valence-electron chi connectivity index (χ2n) is 6.58. The van der Waals surface area contributed by atoms with Crippen molar-refractivity contribution < 1.29 is 9.21 Å². The van der Waals surface area contributed by atoms with Crippen molar-refractivity contribution >= 4 is 28.5 Å². The number of nitrogens with zero attached hydrogens (tertiary/aromatic N) is 2. The molecule has 1 unspecified atom stereocenters. The number of hydrogen-bond acceptors (Lipinski definition) is 3. The number of benzene rings is 2. The van der Waals surface area contributed by atoms with Crippen LogP contribution in [-0.2, 0) is 6.54 Å². The number of carbonyl (C=O) groups is 1. The summed E-state index contributed by atoms with van der Waals surface area (Å²) in [6.45, 7) is 2.67. The summed E-state index contributed by atoms with van der Waals surface area (Å²) >= 11 is 6.02. The molecule has 4 aromatic rings. The van der Waals surface area contributed by atoms with Crippen LogP contribution in [0.15, 0.2) is 71.3 Å². The SMILES string of the molecule is CCC(NC(=O)c1ccco1)c1nc2ccccc2n1Cc1ccc(Cl)cc1. The number of imidazole rings is 1. The Morgan fingerprint density at radius 3 is 2.64 bits per heavy atom. The molecule has 0 bridgehead atoms. The van der Waals surface area contributed by atoms with Crippen LogP contribution in [0.3, 0.4) is 0 Å². The fraction of sp³-hybridized carbons (Fsp3) is 0.182. The fourth-order valence-corrected chi connectivity index (χ4v) is 3.41. The predicted molar refractivity (Wildman–Crippen MR) is 109 cm³/mol. The van der Waals surface area contributed by atoms with Crippen molar-refractivity contribution in [1.82, 2.24) is 14.9 Å². The molecule has 4 rings (SSSR count). The summed E-state index contributed by atoms with van der Waals surface area (Å²) in [6.07, 6.45) is 2.20. The van der Waals surface area contributed by atoms with E-state index in [1.54, 1.807) is 12.1 Å². The third-order valence-corrected chi connectivity index (χ3v) is 4.96. The van der Waals surface area contributed by atoms with Crippen LogP contribution in [0.1, 0.15) is 41.3 Å². The Morgan fingerprint density at radius 1 is 1.14 bits per heavy atom. The van der Waals surface area contributed by atoms with Gasteiger partial charge in [-0.1, -0.05) is 42.8 Å². The van der Waals surface area contributed by atoms with E-state index in [1.165, 1.54) is 6.26 Å². The number of carbonyl (C=O) groups excluding carboxylic acids is 1. The first-order valence-electron chi connectivity index (χ1n) is 9.19. The Morgan fingerprint density at radius 2 is 1.93 bits per heavy atom. The molecule has 2 aromatic carbocycles. The zero-order chi connectivity index (χ0) is 19.5. The molecule has 0 aliphatic carbocycles. The number of hydrogen-bond donors (Lipinski definition) is 1. The van der Waals surface area contributed by atoms with Crippen LogP contribution in [0, 0.1) is 0 Å². The van der Waals surface area contributed by atoms with Gasteiger partial charge in [0.05, 0.1) is 23.3 Å². The molecular formula is C22H20ClN3O2. The molecule has 0 aliphatic heterocycles. The van der Waals surface area contributed by atoms with Crippen LogP contribution < -0.4 is 5.32 Å². The molecule has 1 amide bonds. The lowest BCUT2D eigenvalue weighted by atomic mass is 10.1. The van der Waals surface area contributed by atoms with Gasteiger partial charge in [-0.3, -0.25) is 4.79 Å². The fourth-order valence-electron chi connectivity index (χ4n) is 3.29. The summed E-state index contributed by atoms with van der Waals surface area (Å²) < 4.78 is 7.37. The highest BCUT2D eigenvalue weighted by Crippen LogP contribution is 2.25. The standard InChI is InChI=1S/C22H20ClN3O2/c1-2-17(25-22(27)20-8-5-13-28-20)21-24-18-6-3-4-7-19(18)26(21)14-15-9-11-16(23)12-10-15/h3-13,17H,2,14H2,1H3,(H,25,27). The number of para-hydroxylation sites is 2. The van der Waals surface area contributed by atoms with Gasteiger partial charge in [-0.15, -0.1) is 0 Å². The highest BCUT2D eigenvalue weighted by Gasteiger charge is 2.22. The van der Waals surface area contributed by atoms with Crippen LogP contribution in [0.2, 0.25) is 5.02 Å². The van der Waals surface area contributed by atoms with Gasteiger partial charge in [0, 0.05) is 11.6 Å². The second-order valence-corrected chi connectivity index (χ2v) is 7.02. The second kappa shape index (κ2) is 7.90. The summed E-state index contributed by atoms with van der Waals surface area (Å²) in [5.74, 6) is 0.860. The highest BCUT2D eigenvalue weighted by atomic mass is 35.5. The van der Waals surface area contributed by atoms with Gasteiger partial charge in [-0.05, 0) is 48.4 Å². The molecule has 2 heterocycles. The molecule has 28 heavy (non-hydrogen) atoms. The number of fused-ring (bicyclic) bond motifs is 1. The molecule has 0 radical (unpaired) electrons. The summed E-state index contributed by atoms with van der Waals surface area (Å²) in [6, 6.07) is 18.9. The summed E-state index contributed by atoms with van der Waals surface area (Å²) in [5.41, 5.74) is 3.04. The van der Waals surface area contributed by atoms with Crippen molar-refractivity contribution in [2.75, 3.05) is 0 Å². The molecule has 6 heteroatoms. The smallest absolute Gasteiger partial charge is 0.287 e. The van der Waals surface area contributed by atoms with E-state index in [0.29, 0.717) is 23.7 Å². The van der Waals surface area contributed by atoms with Crippen LogP contribution in [-0.4, -0.2) is 15.5 Å². The van der Waals surface area contributed by atoms with Gasteiger partial charge < -0.3 is 14.3 Å². The minimum absolute atomic E-state index is 0.239. The largest absolute Gasteiger partial charge is 0.459 e. The Labute approximate surface area is 167 Å². The summed E-state index contributed by atoms with van der Waals surface area (Å²) in [4.78, 5) is 17.3. The molecule has 0 aliphatic rings. The number of furan rings is 1. The molecule has 0 saturated heterocycles. The maximum Gasteiger partial charge on any atom is 0.287 e. The van der Waals surface area contributed by atoms with Gasteiger partial charge in [-0.25, -0.2) is 4.98 Å². The minimum Gasteiger partial charge on any atom is -0.459 e. The number of amides is 1. The van der Waals surface area contributed by atoms with E-state index in [1.807, 2.05) is 55.5 Å². The summed E-state index contributed by atoms with van der Waals surface area (Å²) in [5, 5.41) is 3.75. The van der Waals surface area contributed by atoms with Gasteiger partial charge in [0.1, 0.15) is 5.82 Å². The average Bonchev–Trinajstić information content (AvgIpc) is 3.37. The topological polar surface area (TPSA) is 60.1 Å². The Bertz CT molecular complexity index is 1080. The third-order valence-electron chi connectivity index (χ3n) is 4.71. The lowest BCUT2D eigenvalue weighted by molar-refractivity contribution is 0.0905. The molecule has 0 saturated carbocycles. The quantitative estimate of drug-likeness (QED) is 0.489. The molecular weight excluding hydrogens is 374 g/mol. The predicted octanol–water partition coefficient (Wildman–Crippen LogP) is 5.21. The van der Waals surface area contributed by atoms with Crippen LogP contribution in [0.4, 0.5) is 0 Å². The average molecular weight is 394 g/mol. The first kappa shape index (κ1) is 18.3. The van der Waals surface area contributed by atoms with Crippen molar-refractivity contribution in [2.45, 2.75) is 25.9 Å². The molecule has 1 atom stereocenters. The monoisotopic (exact) mass is 393 g/mol. The zero-order valence-electron chi connectivity index (χ0n) is 15.4. The first-order valence-corrected chi connectivity index (χ1v) is 9.57. The van der Waals surface area contributed by atoms with Crippen LogP contribution >= 0.6 is 11.6 Å². The van der Waals surface area contributed by atoms with Crippen molar-refractivity contribution in [3.8, 4) is 0 Å². The van der Waals surface area contributed by atoms with Crippen molar-refractivity contribution in [2.24, 2.45) is 0 Å². The number of rotatable bonds is 6. The molecule has 0 fully saturated rings. The molecule has 5 nitrogen and oxygen atoms in total. The Balaban J connectivity index is 1.72. The van der Waals surface area contributed by atoms with E-state index >= 15 is 0 Å². The maximum atomic E-state index is 12.5. The van der Waals surface area contributed by atoms with Gasteiger partial charge >= 0.3 is 0 Å². The minimum atomic E-state index is -0.248. The number of halogens is 1. The Hall–Kier alpha value is -3.05. The van der Waals surface area contributed by atoms with E-state index in [0.717, 1.165) is 22.4 Å². The number of aromatic nitrogens is 2. The molecule has 1 N–H and O–H groups in total. The van der Waals surface area contributed by atoms with E-state index in [-0.39, 0.29) is 11.9 Å². The third kappa shape index (κ3) is 3.66. The zero-order valence-corrected chi connectivity index (χ0v) is 16.2. The molecule has 0 spiro atoms. The van der Waals surface area contributed by atoms with Crippen LogP contribution in [0.25, 0.3) is 11.0 Å². The van der Waals surface area contributed by atoms with E-state index < -0.39 is 0 Å². The molecule has 2 aromatic heterocycles. The maximum absolute atomic E-state index is 12.5. The van der Waals surface area contributed by atoms with Crippen molar-refractivity contribution in [3.63, 3.8) is 0 Å². The normalized spacial score (nSPS) is 12.2. The first-order chi connectivity index (χ1) is 13.7. The lowest BCUT2D eigenvalue weighted by Gasteiger charge is -2.18. The van der Waals surface area contributed by atoms with Gasteiger partial charge in [-0.2, -0.15) is 0 Å².